The first-order valence-corrected chi connectivity index (χ1v) is 8.05. The quantitative estimate of drug-likeness (QED) is 0.755. The third-order valence-corrected chi connectivity index (χ3v) is 4.06. The van der Waals surface area contributed by atoms with Crippen molar-refractivity contribution >= 4 is 35.1 Å². The molecule has 7 heteroatoms. The van der Waals surface area contributed by atoms with Crippen LogP contribution in [0.15, 0.2) is 18.2 Å². The summed E-state index contributed by atoms with van der Waals surface area (Å²) in [7, 11) is 1.29. The second kappa shape index (κ2) is 8.99. The molecule has 0 aromatic heterocycles. The van der Waals surface area contributed by atoms with E-state index in [1.165, 1.54) is 13.2 Å². The molecule has 0 heterocycles. The van der Waals surface area contributed by atoms with E-state index in [0.29, 0.717) is 15.8 Å². The van der Waals surface area contributed by atoms with E-state index >= 15 is 0 Å². The maximum atomic E-state index is 12.3. The number of esters is 1. The number of carbonyl (C=O) groups excluding carboxylic acids is 2. The van der Waals surface area contributed by atoms with Gasteiger partial charge in [0.05, 0.1) is 12.1 Å². The van der Waals surface area contributed by atoms with Gasteiger partial charge in [0.1, 0.15) is 11.8 Å². The summed E-state index contributed by atoms with van der Waals surface area (Å²) in [5.41, 5.74) is 0. The first-order chi connectivity index (χ1) is 10.8. The Morgan fingerprint density at radius 3 is 2.43 bits per heavy atom. The molecule has 1 rings (SSSR count). The van der Waals surface area contributed by atoms with Gasteiger partial charge in [0, 0.05) is 5.02 Å². The van der Waals surface area contributed by atoms with Crippen molar-refractivity contribution in [2.24, 2.45) is 5.92 Å². The van der Waals surface area contributed by atoms with Crippen LogP contribution in [-0.2, 0) is 14.3 Å². The Labute approximate surface area is 146 Å². The van der Waals surface area contributed by atoms with Gasteiger partial charge in [-0.3, -0.25) is 4.79 Å². The molecular weight excluding hydrogens is 341 g/mol. The summed E-state index contributed by atoms with van der Waals surface area (Å²) in [5, 5.41) is 3.44. The van der Waals surface area contributed by atoms with E-state index in [2.05, 4.69) is 5.32 Å². The lowest BCUT2D eigenvalue weighted by molar-refractivity contribution is -0.147. The fraction of sp³-hybridized carbons (Fsp3) is 0.500. The van der Waals surface area contributed by atoms with Gasteiger partial charge in [-0.05, 0) is 31.0 Å². The van der Waals surface area contributed by atoms with Crippen LogP contribution in [0.5, 0.6) is 5.75 Å². The molecule has 0 aliphatic heterocycles. The van der Waals surface area contributed by atoms with Crippen molar-refractivity contribution < 1.29 is 19.1 Å². The monoisotopic (exact) mass is 361 g/mol. The van der Waals surface area contributed by atoms with Crippen LogP contribution in [0.1, 0.15) is 27.2 Å². The fourth-order valence-corrected chi connectivity index (χ4v) is 2.33. The van der Waals surface area contributed by atoms with Crippen molar-refractivity contribution in [2.75, 3.05) is 7.11 Å². The van der Waals surface area contributed by atoms with Gasteiger partial charge < -0.3 is 14.8 Å². The first-order valence-electron chi connectivity index (χ1n) is 7.30. The van der Waals surface area contributed by atoms with E-state index in [-0.39, 0.29) is 5.92 Å². The van der Waals surface area contributed by atoms with E-state index in [1.807, 2.05) is 13.8 Å². The van der Waals surface area contributed by atoms with Gasteiger partial charge in [0.15, 0.2) is 6.10 Å². The summed E-state index contributed by atoms with van der Waals surface area (Å²) >= 11 is 11.8. The molecular formula is C16H21Cl2NO4. The molecule has 3 unspecified atom stereocenters. The summed E-state index contributed by atoms with van der Waals surface area (Å²) in [6, 6.07) is 4.01. The third kappa shape index (κ3) is 5.59. The van der Waals surface area contributed by atoms with Crippen LogP contribution in [0.4, 0.5) is 0 Å². The van der Waals surface area contributed by atoms with Crippen molar-refractivity contribution in [3.8, 4) is 5.75 Å². The fourth-order valence-electron chi connectivity index (χ4n) is 1.88. The molecule has 1 amide bonds. The van der Waals surface area contributed by atoms with Gasteiger partial charge in [-0.15, -0.1) is 0 Å². The van der Waals surface area contributed by atoms with Crippen LogP contribution in [0, 0.1) is 5.92 Å². The van der Waals surface area contributed by atoms with Gasteiger partial charge >= 0.3 is 5.97 Å². The molecule has 0 spiro atoms. The maximum Gasteiger partial charge on any atom is 0.328 e. The smallest absolute Gasteiger partial charge is 0.328 e. The molecule has 0 aliphatic rings. The number of nitrogens with one attached hydrogen (secondary N) is 1. The topological polar surface area (TPSA) is 64.6 Å². The third-order valence-electron chi connectivity index (χ3n) is 3.53. The van der Waals surface area contributed by atoms with Crippen molar-refractivity contribution in [3.05, 3.63) is 28.2 Å². The summed E-state index contributed by atoms with van der Waals surface area (Å²) in [6.45, 7) is 5.37. The Bertz CT molecular complexity index is 565. The summed E-state index contributed by atoms with van der Waals surface area (Å²) in [5.74, 6) is -0.620. The minimum atomic E-state index is -0.829. The van der Waals surface area contributed by atoms with E-state index in [1.54, 1.807) is 19.1 Å². The molecule has 128 valence electrons. The number of amides is 1. The van der Waals surface area contributed by atoms with Crippen LogP contribution < -0.4 is 10.1 Å². The molecule has 0 aliphatic carbocycles. The van der Waals surface area contributed by atoms with E-state index in [0.717, 1.165) is 6.42 Å². The number of ether oxygens (including phenoxy) is 2. The van der Waals surface area contributed by atoms with E-state index < -0.39 is 24.0 Å². The second-order valence-electron chi connectivity index (χ2n) is 5.23. The minimum absolute atomic E-state index is 0.0577. The molecule has 1 aromatic carbocycles. The normalized spacial score (nSPS) is 14.5. The molecule has 1 aromatic rings. The summed E-state index contributed by atoms with van der Waals surface area (Å²) in [4.78, 5) is 24.1. The van der Waals surface area contributed by atoms with Gasteiger partial charge in [-0.2, -0.15) is 0 Å². The van der Waals surface area contributed by atoms with Crippen molar-refractivity contribution in [2.45, 2.75) is 39.3 Å². The molecule has 3 atom stereocenters. The minimum Gasteiger partial charge on any atom is -0.479 e. The second-order valence-corrected chi connectivity index (χ2v) is 6.07. The molecule has 0 bridgehead atoms. The molecule has 5 nitrogen and oxygen atoms in total. The lowest BCUT2D eigenvalue weighted by Gasteiger charge is -2.24. The van der Waals surface area contributed by atoms with E-state index in [4.69, 9.17) is 32.7 Å². The summed E-state index contributed by atoms with van der Waals surface area (Å²) in [6.07, 6.45) is -0.108. The highest BCUT2D eigenvalue weighted by molar-refractivity contribution is 6.35. The average molecular weight is 362 g/mol. The van der Waals surface area contributed by atoms with Crippen LogP contribution >= 0.6 is 23.2 Å². The number of halogens is 2. The Morgan fingerprint density at radius 1 is 1.26 bits per heavy atom. The zero-order valence-electron chi connectivity index (χ0n) is 13.6. The van der Waals surface area contributed by atoms with Gasteiger partial charge in [0.2, 0.25) is 0 Å². The van der Waals surface area contributed by atoms with Crippen LogP contribution in [0.2, 0.25) is 10.0 Å². The number of hydrogen-bond donors (Lipinski definition) is 1. The van der Waals surface area contributed by atoms with Crippen molar-refractivity contribution in [1.29, 1.82) is 0 Å². The Morgan fingerprint density at radius 2 is 1.91 bits per heavy atom. The molecule has 1 N–H and O–H groups in total. The molecule has 0 saturated heterocycles. The lowest BCUT2D eigenvalue weighted by Crippen LogP contribution is -2.49. The SMILES string of the molecule is CCC(C)C(NC(=O)C(C)Oc1ccc(Cl)cc1Cl)C(=O)OC. The molecule has 0 radical (unpaired) electrons. The summed E-state index contributed by atoms with van der Waals surface area (Å²) < 4.78 is 10.3. The van der Waals surface area contributed by atoms with Crippen molar-refractivity contribution in [3.63, 3.8) is 0 Å². The van der Waals surface area contributed by atoms with Gasteiger partial charge in [-0.1, -0.05) is 43.5 Å². The Kier molecular flexibility index (Phi) is 7.65. The highest BCUT2D eigenvalue weighted by Gasteiger charge is 2.29. The number of methoxy groups -OCH3 is 1. The maximum absolute atomic E-state index is 12.3. The van der Waals surface area contributed by atoms with Gasteiger partial charge in [0.25, 0.3) is 5.91 Å². The van der Waals surface area contributed by atoms with E-state index in [9.17, 15) is 9.59 Å². The highest BCUT2D eigenvalue weighted by atomic mass is 35.5. The van der Waals surface area contributed by atoms with Crippen molar-refractivity contribution in [1.82, 2.24) is 5.32 Å². The predicted octanol–water partition coefficient (Wildman–Crippen LogP) is 3.46. The standard InChI is InChI=1S/C16H21Cl2NO4/c1-5-9(2)14(16(21)22-4)19-15(20)10(3)23-13-7-6-11(17)8-12(13)18/h6-10,14H,5H2,1-4H3,(H,19,20). The zero-order chi connectivity index (χ0) is 17.6. The molecule has 0 saturated carbocycles. The highest BCUT2D eigenvalue weighted by Crippen LogP contribution is 2.28. The Hall–Kier alpha value is -1.46. The van der Waals surface area contributed by atoms with Crippen LogP contribution in [0.25, 0.3) is 0 Å². The zero-order valence-corrected chi connectivity index (χ0v) is 15.1. The number of rotatable bonds is 7. The van der Waals surface area contributed by atoms with Crippen LogP contribution in [-0.4, -0.2) is 31.1 Å². The molecule has 23 heavy (non-hydrogen) atoms. The first kappa shape index (κ1) is 19.6. The predicted molar refractivity (Wildman–Crippen MR) is 90.0 cm³/mol. The average Bonchev–Trinajstić information content (AvgIpc) is 2.53. The largest absolute Gasteiger partial charge is 0.479 e. The number of benzene rings is 1. The molecule has 0 fully saturated rings. The Balaban J connectivity index is 2.76. The van der Waals surface area contributed by atoms with Crippen LogP contribution in [0.3, 0.4) is 0 Å². The number of carbonyl (C=O) groups is 2. The number of hydrogen-bond acceptors (Lipinski definition) is 4. The van der Waals surface area contributed by atoms with Gasteiger partial charge in [-0.25, -0.2) is 4.79 Å². The lowest BCUT2D eigenvalue weighted by atomic mass is 9.99.